The molecule has 0 saturated carbocycles. The number of nitrogens with zero attached hydrogens (tertiary/aromatic N) is 2. The second-order valence-corrected chi connectivity index (χ2v) is 11.8. The Morgan fingerprint density at radius 1 is 0.778 bits per heavy atom. The Labute approximate surface area is 163 Å². The van der Waals surface area contributed by atoms with E-state index in [4.69, 9.17) is 0 Å². The maximum absolute atomic E-state index is 13.1. The van der Waals surface area contributed by atoms with Crippen LogP contribution in [0.3, 0.4) is 0 Å². The SMILES string of the molecule is C[C@H]1CCCN(S(=O)(=O)c2ccc(S(=O)(=O)N3[C@H](C)CCC[C@@H]3C)cc2)C1. The van der Waals surface area contributed by atoms with Gasteiger partial charge in [0.05, 0.1) is 9.79 Å². The van der Waals surface area contributed by atoms with Gasteiger partial charge < -0.3 is 0 Å². The van der Waals surface area contributed by atoms with Crippen LogP contribution in [-0.2, 0) is 20.0 Å². The summed E-state index contributed by atoms with van der Waals surface area (Å²) < 4.78 is 55.0. The van der Waals surface area contributed by atoms with E-state index in [0.29, 0.717) is 19.0 Å². The van der Waals surface area contributed by atoms with E-state index in [-0.39, 0.29) is 21.9 Å². The molecule has 0 aromatic heterocycles. The van der Waals surface area contributed by atoms with E-state index in [0.717, 1.165) is 32.1 Å². The summed E-state index contributed by atoms with van der Waals surface area (Å²) in [6.45, 7) is 6.96. The highest BCUT2D eigenvalue weighted by atomic mass is 32.2. The second kappa shape index (κ2) is 7.81. The maximum Gasteiger partial charge on any atom is 0.243 e. The average Bonchev–Trinajstić information content (AvgIpc) is 2.61. The van der Waals surface area contributed by atoms with E-state index in [1.54, 1.807) is 4.31 Å². The van der Waals surface area contributed by atoms with Gasteiger partial charge in [-0.25, -0.2) is 16.8 Å². The molecule has 0 aliphatic carbocycles. The molecule has 2 saturated heterocycles. The predicted molar refractivity (Wildman–Crippen MR) is 105 cm³/mol. The zero-order chi connectivity index (χ0) is 19.8. The quantitative estimate of drug-likeness (QED) is 0.759. The molecule has 0 N–H and O–H groups in total. The van der Waals surface area contributed by atoms with E-state index in [9.17, 15) is 16.8 Å². The molecule has 2 heterocycles. The lowest BCUT2D eigenvalue weighted by molar-refractivity contribution is 0.204. The summed E-state index contributed by atoms with van der Waals surface area (Å²) in [6.07, 6.45) is 4.62. The lowest BCUT2D eigenvalue weighted by Gasteiger charge is -2.37. The summed E-state index contributed by atoms with van der Waals surface area (Å²) >= 11 is 0. The van der Waals surface area contributed by atoms with Crippen LogP contribution in [0.15, 0.2) is 34.1 Å². The highest BCUT2D eigenvalue weighted by Crippen LogP contribution is 2.30. The molecule has 2 fully saturated rings. The molecule has 0 spiro atoms. The maximum atomic E-state index is 13.1. The third-order valence-corrected chi connectivity index (χ3v) is 9.79. The van der Waals surface area contributed by atoms with Crippen molar-refractivity contribution in [3.8, 4) is 0 Å². The Morgan fingerprint density at radius 3 is 1.81 bits per heavy atom. The average molecular weight is 415 g/mol. The van der Waals surface area contributed by atoms with Gasteiger partial charge in [-0.2, -0.15) is 8.61 Å². The Hall–Kier alpha value is -0.960. The fraction of sp³-hybridized carbons (Fsp3) is 0.684. The summed E-state index contributed by atoms with van der Waals surface area (Å²) in [5.41, 5.74) is 0. The first-order chi connectivity index (χ1) is 12.6. The van der Waals surface area contributed by atoms with Gasteiger partial charge in [0.25, 0.3) is 0 Å². The molecule has 0 bridgehead atoms. The lowest BCUT2D eigenvalue weighted by atomic mass is 10.0. The Kier molecular flexibility index (Phi) is 6.01. The monoisotopic (exact) mass is 414 g/mol. The molecule has 6 nitrogen and oxygen atoms in total. The van der Waals surface area contributed by atoms with Crippen LogP contribution in [0.25, 0.3) is 0 Å². The van der Waals surface area contributed by atoms with Crippen LogP contribution in [0.4, 0.5) is 0 Å². The largest absolute Gasteiger partial charge is 0.243 e. The Bertz CT molecular complexity index is 855. The molecule has 0 unspecified atom stereocenters. The van der Waals surface area contributed by atoms with Gasteiger partial charge in [-0.3, -0.25) is 0 Å². The van der Waals surface area contributed by atoms with Gasteiger partial charge in [0.2, 0.25) is 20.0 Å². The number of sulfonamides is 2. The molecule has 3 atom stereocenters. The van der Waals surface area contributed by atoms with Gasteiger partial charge in [-0.05, 0) is 69.7 Å². The molecule has 3 rings (SSSR count). The molecule has 2 aliphatic heterocycles. The molecule has 0 radical (unpaired) electrons. The van der Waals surface area contributed by atoms with Crippen LogP contribution in [0.1, 0.15) is 52.9 Å². The minimum Gasteiger partial charge on any atom is -0.207 e. The summed E-state index contributed by atoms with van der Waals surface area (Å²) in [4.78, 5) is 0.323. The second-order valence-electron chi connectivity index (χ2n) is 8.05. The zero-order valence-corrected chi connectivity index (χ0v) is 18.0. The first kappa shape index (κ1) is 20.8. The molecule has 1 aromatic rings. The van der Waals surface area contributed by atoms with Gasteiger partial charge in [0, 0.05) is 25.2 Å². The summed E-state index contributed by atoms with van der Waals surface area (Å²) in [5.74, 6) is 0.343. The topological polar surface area (TPSA) is 74.8 Å². The predicted octanol–water partition coefficient (Wildman–Crippen LogP) is 3.06. The smallest absolute Gasteiger partial charge is 0.207 e. The third kappa shape index (κ3) is 4.09. The highest BCUT2D eigenvalue weighted by molar-refractivity contribution is 7.89. The van der Waals surface area contributed by atoms with Crippen LogP contribution < -0.4 is 0 Å². The molecular formula is C19H30N2O4S2. The number of piperidine rings is 2. The fourth-order valence-electron chi connectivity index (χ4n) is 4.29. The van der Waals surface area contributed by atoms with Crippen molar-refractivity contribution in [3.63, 3.8) is 0 Å². The van der Waals surface area contributed by atoms with E-state index in [1.165, 1.54) is 28.6 Å². The molecule has 2 aliphatic rings. The van der Waals surface area contributed by atoms with Crippen molar-refractivity contribution in [1.29, 1.82) is 0 Å². The van der Waals surface area contributed by atoms with Crippen LogP contribution in [0.2, 0.25) is 0 Å². The van der Waals surface area contributed by atoms with Crippen LogP contribution >= 0.6 is 0 Å². The normalized spacial score (nSPS) is 28.9. The van der Waals surface area contributed by atoms with E-state index in [1.807, 2.05) is 13.8 Å². The first-order valence-electron chi connectivity index (χ1n) is 9.78. The molecule has 27 heavy (non-hydrogen) atoms. The van der Waals surface area contributed by atoms with Gasteiger partial charge in [-0.15, -0.1) is 0 Å². The van der Waals surface area contributed by atoms with Crippen molar-refractivity contribution in [2.45, 2.75) is 74.7 Å². The summed E-state index contributed by atoms with van der Waals surface area (Å²) in [7, 11) is -7.21. The molecule has 152 valence electrons. The Morgan fingerprint density at radius 2 is 1.30 bits per heavy atom. The van der Waals surface area contributed by atoms with Crippen LogP contribution in [-0.4, -0.2) is 50.6 Å². The van der Waals surface area contributed by atoms with Gasteiger partial charge in [-0.1, -0.05) is 13.3 Å². The van der Waals surface area contributed by atoms with E-state index < -0.39 is 20.0 Å². The van der Waals surface area contributed by atoms with Crippen molar-refractivity contribution in [1.82, 2.24) is 8.61 Å². The van der Waals surface area contributed by atoms with Gasteiger partial charge >= 0.3 is 0 Å². The van der Waals surface area contributed by atoms with Crippen LogP contribution in [0.5, 0.6) is 0 Å². The molecule has 0 amide bonds. The van der Waals surface area contributed by atoms with Gasteiger partial charge in [0.1, 0.15) is 0 Å². The fourth-order valence-corrected chi connectivity index (χ4v) is 7.77. The molecule has 1 aromatic carbocycles. The standard InChI is InChI=1S/C19H30N2O4S2/c1-15-6-5-13-20(14-15)26(22,23)18-9-11-19(12-10-18)27(24,25)21-16(2)7-4-8-17(21)3/h9-12,15-17H,4-8,13-14H2,1-3H3/t15-,16-,17+/m0/s1. The highest BCUT2D eigenvalue weighted by Gasteiger charge is 2.36. The minimum absolute atomic E-state index is 0.0444. The first-order valence-corrected chi connectivity index (χ1v) is 12.7. The van der Waals surface area contributed by atoms with Crippen molar-refractivity contribution in [3.05, 3.63) is 24.3 Å². The van der Waals surface area contributed by atoms with E-state index in [2.05, 4.69) is 6.92 Å². The number of benzene rings is 1. The molecule has 8 heteroatoms. The third-order valence-electron chi connectivity index (χ3n) is 5.77. The van der Waals surface area contributed by atoms with Crippen molar-refractivity contribution in [2.24, 2.45) is 5.92 Å². The van der Waals surface area contributed by atoms with Crippen LogP contribution in [0, 0.1) is 5.92 Å². The number of hydrogen-bond acceptors (Lipinski definition) is 4. The zero-order valence-electron chi connectivity index (χ0n) is 16.3. The summed E-state index contributed by atoms with van der Waals surface area (Å²) in [5, 5.41) is 0. The molecular weight excluding hydrogens is 384 g/mol. The summed E-state index contributed by atoms with van der Waals surface area (Å²) in [6, 6.07) is 5.64. The Balaban J connectivity index is 1.86. The van der Waals surface area contributed by atoms with Crippen molar-refractivity contribution in [2.75, 3.05) is 13.1 Å². The van der Waals surface area contributed by atoms with Crippen molar-refractivity contribution >= 4 is 20.0 Å². The lowest BCUT2D eigenvalue weighted by Crippen LogP contribution is -2.47. The number of rotatable bonds is 4. The number of hydrogen-bond donors (Lipinski definition) is 0. The minimum atomic E-state index is -3.63. The van der Waals surface area contributed by atoms with E-state index >= 15 is 0 Å². The van der Waals surface area contributed by atoms with Gasteiger partial charge in [0.15, 0.2) is 0 Å². The van der Waals surface area contributed by atoms with Crippen molar-refractivity contribution < 1.29 is 16.8 Å².